The van der Waals surface area contributed by atoms with Gasteiger partial charge in [0.2, 0.25) is 17.7 Å². The van der Waals surface area contributed by atoms with Crippen LogP contribution < -0.4 is 16.0 Å². The minimum atomic E-state index is -0.573. The lowest BCUT2D eigenvalue weighted by molar-refractivity contribution is -0.127. The van der Waals surface area contributed by atoms with Gasteiger partial charge in [-0.25, -0.2) is 9.18 Å². The third kappa shape index (κ3) is 6.27. The van der Waals surface area contributed by atoms with Crippen molar-refractivity contribution in [3.05, 3.63) is 35.6 Å². The van der Waals surface area contributed by atoms with Gasteiger partial charge in [0.25, 0.3) is 0 Å². The summed E-state index contributed by atoms with van der Waals surface area (Å²) in [7, 11) is 0. The van der Waals surface area contributed by atoms with Gasteiger partial charge < -0.3 is 15.5 Å². The fourth-order valence-electron chi connectivity index (χ4n) is 4.33. The topological polar surface area (TPSA) is 108 Å². The zero-order valence-corrected chi connectivity index (χ0v) is 18.4. The van der Waals surface area contributed by atoms with E-state index in [0.717, 1.165) is 37.0 Å². The van der Waals surface area contributed by atoms with Gasteiger partial charge in [0.1, 0.15) is 18.9 Å². The zero-order chi connectivity index (χ0) is 23.1. The fourth-order valence-corrected chi connectivity index (χ4v) is 4.33. The molecule has 0 bridgehead atoms. The first-order valence-electron chi connectivity index (χ1n) is 11.2. The number of amides is 5. The molecule has 3 N–H and O–H groups in total. The minimum Gasteiger partial charge on any atom is -0.354 e. The first kappa shape index (κ1) is 23.7. The van der Waals surface area contributed by atoms with E-state index in [1.807, 2.05) is 6.92 Å². The van der Waals surface area contributed by atoms with Crippen LogP contribution in [0.25, 0.3) is 0 Å². The average Bonchev–Trinajstić information content (AvgIpc) is 3.08. The molecule has 1 atom stereocenters. The summed E-state index contributed by atoms with van der Waals surface area (Å²) in [5.41, 5.74) is 0.0174. The van der Waals surface area contributed by atoms with Crippen molar-refractivity contribution in [1.29, 1.82) is 0 Å². The third-order valence-corrected chi connectivity index (χ3v) is 6.27. The number of hydrogen-bond acceptors (Lipinski definition) is 4. The largest absolute Gasteiger partial charge is 0.354 e. The lowest BCUT2D eigenvalue weighted by Crippen LogP contribution is -2.58. The van der Waals surface area contributed by atoms with Gasteiger partial charge in [-0.3, -0.25) is 19.7 Å². The van der Waals surface area contributed by atoms with Gasteiger partial charge in [0, 0.05) is 12.5 Å². The number of imide groups is 1. The van der Waals surface area contributed by atoms with E-state index in [2.05, 4.69) is 16.0 Å². The Labute approximate surface area is 187 Å². The molecule has 1 aliphatic heterocycles. The van der Waals surface area contributed by atoms with E-state index in [0.29, 0.717) is 24.9 Å². The van der Waals surface area contributed by atoms with Crippen LogP contribution >= 0.6 is 0 Å². The molecule has 0 aromatic heterocycles. The summed E-state index contributed by atoms with van der Waals surface area (Å²) in [6, 6.07) is 5.99. The molecule has 1 aliphatic carbocycles. The molecule has 5 amide bonds. The summed E-state index contributed by atoms with van der Waals surface area (Å²) in [6.07, 6.45) is 5.38. The zero-order valence-electron chi connectivity index (χ0n) is 18.4. The number of benzene rings is 1. The summed E-state index contributed by atoms with van der Waals surface area (Å²) in [5, 5.41) is 8.14. The van der Waals surface area contributed by atoms with E-state index >= 15 is 0 Å². The molecule has 0 radical (unpaired) electrons. The van der Waals surface area contributed by atoms with Crippen molar-refractivity contribution in [2.45, 2.75) is 57.4 Å². The van der Waals surface area contributed by atoms with Crippen molar-refractivity contribution in [2.24, 2.45) is 5.92 Å². The van der Waals surface area contributed by atoms with Gasteiger partial charge in [-0.2, -0.15) is 0 Å². The molecule has 32 heavy (non-hydrogen) atoms. The molecule has 1 aromatic rings. The Morgan fingerprint density at radius 3 is 2.56 bits per heavy atom. The van der Waals surface area contributed by atoms with Gasteiger partial charge >= 0.3 is 6.03 Å². The molecule has 2 aliphatic rings. The van der Waals surface area contributed by atoms with Crippen molar-refractivity contribution >= 4 is 23.8 Å². The number of hydrogen-bond donors (Lipinski definition) is 3. The maximum atomic E-state index is 13.8. The van der Waals surface area contributed by atoms with E-state index in [-0.39, 0.29) is 36.6 Å². The van der Waals surface area contributed by atoms with Gasteiger partial charge in [-0.1, -0.05) is 44.4 Å². The minimum absolute atomic E-state index is 0.129. The number of urea groups is 1. The van der Waals surface area contributed by atoms with E-state index in [4.69, 9.17) is 0 Å². The van der Waals surface area contributed by atoms with Crippen LogP contribution in [0.2, 0.25) is 0 Å². The predicted octanol–water partition coefficient (Wildman–Crippen LogP) is 1.88. The molecule has 1 saturated heterocycles. The lowest BCUT2D eigenvalue weighted by Gasteiger charge is -2.39. The van der Waals surface area contributed by atoms with Gasteiger partial charge in [-0.05, 0) is 37.3 Å². The Hall–Kier alpha value is -2.97. The van der Waals surface area contributed by atoms with Gasteiger partial charge in [0.05, 0.1) is 5.54 Å². The van der Waals surface area contributed by atoms with Crippen LogP contribution in [-0.2, 0) is 20.8 Å². The highest BCUT2D eigenvalue weighted by Crippen LogP contribution is 2.28. The first-order chi connectivity index (χ1) is 15.3. The summed E-state index contributed by atoms with van der Waals surface area (Å²) in [5.74, 6) is -1.47. The number of nitrogens with one attached hydrogen (secondary N) is 3. The van der Waals surface area contributed by atoms with Crippen molar-refractivity contribution < 1.29 is 23.6 Å². The molecule has 2 fully saturated rings. The van der Waals surface area contributed by atoms with Crippen LogP contribution in [-0.4, -0.2) is 53.8 Å². The van der Waals surface area contributed by atoms with E-state index in [1.165, 1.54) is 6.07 Å². The Morgan fingerprint density at radius 1 is 1.19 bits per heavy atom. The quantitative estimate of drug-likeness (QED) is 0.504. The van der Waals surface area contributed by atoms with Crippen molar-refractivity contribution in [1.82, 2.24) is 20.9 Å². The van der Waals surface area contributed by atoms with Crippen molar-refractivity contribution in [3.8, 4) is 0 Å². The summed E-state index contributed by atoms with van der Waals surface area (Å²) in [6.45, 7) is 1.78. The predicted molar refractivity (Wildman–Crippen MR) is 116 cm³/mol. The highest BCUT2D eigenvalue weighted by molar-refractivity contribution is 6.03. The van der Waals surface area contributed by atoms with Crippen LogP contribution in [0.1, 0.15) is 51.0 Å². The maximum Gasteiger partial charge on any atom is 0.325 e. The first-order valence-corrected chi connectivity index (χ1v) is 11.2. The highest BCUT2D eigenvalue weighted by Gasteiger charge is 2.36. The normalized spacial score (nSPS) is 18.8. The van der Waals surface area contributed by atoms with Crippen LogP contribution in [0.5, 0.6) is 0 Å². The number of halogens is 1. The molecular formula is C23H31FN4O4. The smallest absolute Gasteiger partial charge is 0.325 e. The van der Waals surface area contributed by atoms with Crippen LogP contribution in [0, 0.1) is 11.7 Å². The average molecular weight is 447 g/mol. The molecule has 1 saturated carbocycles. The molecule has 3 rings (SSSR count). The monoisotopic (exact) mass is 446 g/mol. The van der Waals surface area contributed by atoms with Crippen molar-refractivity contribution in [2.75, 3.05) is 19.6 Å². The van der Waals surface area contributed by atoms with E-state index in [1.54, 1.807) is 18.2 Å². The molecule has 1 aromatic carbocycles. The molecule has 174 valence electrons. The van der Waals surface area contributed by atoms with Crippen molar-refractivity contribution in [3.63, 3.8) is 0 Å². The number of rotatable bonds is 9. The number of aryl methyl sites for hydroxylation is 1. The van der Waals surface area contributed by atoms with Gasteiger partial charge in [0.15, 0.2) is 0 Å². The van der Waals surface area contributed by atoms with Crippen LogP contribution in [0.4, 0.5) is 9.18 Å². The molecular weight excluding hydrogens is 415 g/mol. The molecule has 1 unspecified atom stereocenters. The number of nitrogens with zero attached hydrogens (tertiary/aromatic N) is 1. The Morgan fingerprint density at radius 2 is 1.91 bits per heavy atom. The van der Waals surface area contributed by atoms with Crippen LogP contribution in [0.15, 0.2) is 24.3 Å². The molecule has 1 heterocycles. The third-order valence-electron chi connectivity index (χ3n) is 6.27. The Bertz CT molecular complexity index is 869. The van der Waals surface area contributed by atoms with Crippen LogP contribution in [0.3, 0.4) is 0 Å². The summed E-state index contributed by atoms with van der Waals surface area (Å²) >= 11 is 0. The second kappa shape index (κ2) is 10.6. The SMILES string of the molecule is CC(CCc1ccccc1F)C(=O)NCC1(NC(=O)CN2CC(=O)NC2=O)CCCCC1. The Kier molecular flexibility index (Phi) is 7.82. The standard InChI is InChI=1S/C23H31FN4O4/c1-16(9-10-17-7-3-4-8-18(17)24)21(31)25-15-23(11-5-2-6-12-23)27-20(30)14-28-13-19(29)26-22(28)32/h3-4,7-8,16H,2,5-6,9-15H2,1H3,(H,25,31)(H,27,30)(H,26,29,32). The summed E-state index contributed by atoms with van der Waals surface area (Å²) in [4.78, 5) is 49.5. The van der Waals surface area contributed by atoms with E-state index < -0.39 is 17.5 Å². The second-order valence-electron chi connectivity index (χ2n) is 8.85. The highest BCUT2D eigenvalue weighted by atomic mass is 19.1. The number of carbonyl (C=O) groups excluding carboxylic acids is 4. The fraction of sp³-hybridized carbons (Fsp3) is 0.565. The molecule has 0 spiro atoms. The van der Waals surface area contributed by atoms with E-state index in [9.17, 15) is 23.6 Å². The molecule has 9 heteroatoms. The van der Waals surface area contributed by atoms with Gasteiger partial charge in [-0.15, -0.1) is 0 Å². The Balaban J connectivity index is 1.52. The number of carbonyl (C=O) groups is 4. The lowest BCUT2D eigenvalue weighted by atomic mass is 9.81. The second-order valence-corrected chi connectivity index (χ2v) is 8.85. The molecule has 8 nitrogen and oxygen atoms in total. The summed E-state index contributed by atoms with van der Waals surface area (Å²) < 4.78 is 13.8. The maximum absolute atomic E-state index is 13.8.